The zero-order chi connectivity index (χ0) is 11.2. The summed E-state index contributed by atoms with van der Waals surface area (Å²) in [5.41, 5.74) is 0. The van der Waals surface area contributed by atoms with Gasteiger partial charge in [-0.25, -0.2) is 0 Å². The van der Waals surface area contributed by atoms with Gasteiger partial charge in [-0.05, 0) is 38.4 Å². The summed E-state index contributed by atoms with van der Waals surface area (Å²) in [7, 11) is 0. The minimum absolute atomic E-state index is 0.645. The first-order chi connectivity index (χ1) is 7.84. The largest absolute Gasteiger partial charge is 0.340 e. The van der Waals surface area contributed by atoms with Crippen molar-refractivity contribution in [3.05, 3.63) is 11.7 Å². The van der Waals surface area contributed by atoms with Crippen LogP contribution in [0.4, 0.5) is 0 Å². The molecule has 0 aliphatic carbocycles. The number of piperidine rings is 1. The summed E-state index contributed by atoms with van der Waals surface area (Å²) in [5, 5.41) is 10.7. The molecular formula is C11H20N4O. The van der Waals surface area contributed by atoms with E-state index < -0.39 is 0 Å². The minimum atomic E-state index is 0.645. The lowest BCUT2D eigenvalue weighted by Gasteiger charge is -2.22. The van der Waals surface area contributed by atoms with Crippen LogP contribution in [0.25, 0.3) is 0 Å². The van der Waals surface area contributed by atoms with Gasteiger partial charge in [0.25, 0.3) is 0 Å². The molecule has 90 valence electrons. The molecule has 1 fully saturated rings. The molecule has 0 bridgehead atoms. The van der Waals surface area contributed by atoms with E-state index in [1.54, 1.807) is 0 Å². The fraction of sp³-hybridized carbons (Fsp3) is 0.818. The van der Waals surface area contributed by atoms with Crippen molar-refractivity contribution in [1.29, 1.82) is 0 Å². The van der Waals surface area contributed by atoms with Crippen molar-refractivity contribution in [2.75, 3.05) is 26.2 Å². The lowest BCUT2D eigenvalue weighted by Crippen LogP contribution is -2.36. The molecule has 2 N–H and O–H groups in total. The van der Waals surface area contributed by atoms with Crippen molar-refractivity contribution in [3.8, 4) is 0 Å². The van der Waals surface area contributed by atoms with E-state index >= 15 is 0 Å². The van der Waals surface area contributed by atoms with Crippen LogP contribution in [-0.4, -0.2) is 36.3 Å². The van der Waals surface area contributed by atoms with Gasteiger partial charge in [0.1, 0.15) is 0 Å². The summed E-state index contributed by atoms with van der Waals surface area (Å²) in [4.78, 5) is 4.16. The predicted octanol–water partition coefficient (Wildman–Crippen LogP) is 0.510. The first-order valence-corrected chi connectivity index (χ1v) is 6.05. The van der Waals surface area contributed by atoms with Crippen LogP contribution in [0.15, 0.2) is 4.52 Å². The van der Waals surface area contributed by atoms with Crippen LogP contribution in [-0.2, 0) is 6.42 Å². The number of aryl methyl sites for hydroxylation is 1. The second-order valence-corrected chi connectivity index (χ2v) is 4.40. The Morgan fingerprint density at radius 3 is 3.19 bits per heavy atom. The number of nitrogens with one attached hydrogen (secondary N) is 2. The van der Waals surface area contributed by atoms with E-state index in [1.165, 1.54) is 19.4 Å². The molecule has 2 heterocycles. The highest BCUT2D eigenvalue weighted by Gasteiger charge is 2.11. The van der Waals surface area contributed by atoms with Gasteiger partial charge in [0.2, 0.25) is 5.89 Å². The van der Waals surface area contributed by atoms with Gasteiger partial charge in [-0.15, -0.1) is 0 Å². The average molecular weight is 224 g/mol. The molecular weight excluding hydrogens is 204 g/mol. The Hall–Kier alpha value is -0.940. The van der Waals surface area contributed by atoms with Crippen LogP contribution in [0, 0.1) is 12.8 Å². The van der Waals surface area contributed by atoms with Gasteiger partial charge in [-0.2, -0.15) is 4.98 Å². The van der Waals surface area contributed by atoms with Crippen molar-refractivity contribution in [2.45, 2.75) is 26.2 Å². The van der Waals surface area contributed by atoms with Crippen molar-refractivity contribution in [1.82, 2.24) is 20.8 Å². The summed E-state index contributed by atoms with van der Waals surface area (Å²) in [6.45, 7) is 6.16. The smallest absolute Gasteiger partial charge is 0.223 e. The van der Waals surface area contributed by atoms with Gasteiger partial charge in [0.15, 0.2) is 5.82 Å². The highest BCUT2D eigenvalue weighted by Crippen LogP contribution is 2.07. The minimum Gasteiger partial charge on any atom is -0.340 e. The third-order valence-corrected chi connectivity index (χ3v) is 2.93. The number of nitrogens with zero attached hydrogens (tertiary/aromatic N) is 2. The summed E-state index contributed by atoms with van der Waals surface area (Å²) in [6, 6.07) is 0. The van der Waals surface area contributed by atoms with E-state index in [4.69, 9.17) is 4.52 Å². The lowest BCUT2D eigenvalue weighted by atomic mass is 10.00. The molecule has 1 aliphatic rings. The maximum Gasteiger partial charge on any atom is 0.223 e. The quantitative estimate of drug-likeness (QED) is 0.714. The van der Waals surface area contributed by atoms with Crippen LogP contribution in [0.2, 0.25) is 0 Å². The number of hydrogen-bond donors (Lipinski definition) is 2. The molecule has 0 saturated carbocycles. The molecule has 1 unspecified atom stereocenters. The zero-order valence-corrected chi connectivity index (χ0v) is 9.83. The van der Waals surface area contributed by atoms with Crippen molar-refractivity contribution < 1.29 is 4.52 Å². The average Bonchev–Trinajstić information content (AvgIpc) is 2.72. The Bertz CT molecular complexity index is 307. The highest BCUT2D eigenvalue weighted by atomic mass is 16.5. The number of hydrogen-bond acceptors (Lipinski definition) is 5. The Morgan fingerprint density at radius 1 is 1.56 bits per heavy atom. The fourth-order valence-corrected chi connectivity index (χ4v) is 2.05. The Balaban J connectivity index is 1.57. The van der Waals surface area contributed by atoms with E-state index in [1.807, 2.05) is 6.92 Å². The first-order valence-electron chi connectivity index (χ1n) is 6.05. The molecule has 16 heavy (non-hydrogen) atoms. The normalized spacial score (nSPS) is 21.2. The first kappa shape index (κ1) is 11.5. The van der Waals surface area contributed by atoms with Crippen molar-refractivity contribution in [2.24, 2.45) is 5.92 Å². The SMILES string of the molecule is Cc1nc(CCNCC2CCCNC2)no1. The third-order valence-electron chi connectivity index (χ3n) is 2.93. The Morgan fingerprint density at radius 2 is 2.50 bits per heavy atom. The van der Waals surface area contributed by atoms with Gasteiger partial charge in [0.05, 0.1) is 0 Å². The molecule has 0 spiro atoms. The molecule has 1 aromatic rings. The number of rotatable bonds is 5. The van der Waals surface area contributed by atoms with Crippen LogP contribution in [0.3, 0.4) is 0 Å². The standard InChI is InChI=1S/C11H20N4O/c1-9-14-11(15-16-9)4-6-13-8-10-3-2-5-12-7-10/h10,12-13H,2-8H2,1H3. The molecule has 1 saturated heterocycles. The Labute approximate surface area is 96.0 Å². The molecule has 0 aromatic carbocycles. The van der Waals surface area contributed by atoms with Gasteiger partial charge in [-0.1, -0.05) is 5.16 Å². The molecule has 2 rings (SSSR count). The molecule has 5 heteroatoms. The van der Waals surface area contributed by atoms with Crippen LogP contribution >= 0.6 is 0 Å². The fourth-order valence-electron chi connectivity index (χ4n) is 2.05. The second kappa shape index (κ2) is 5.96. The van der Waals surface area contributed by atoms with E-state index in [-0.39, 0.29) is 0 Å². The molecule has 5 nitrogen and oxygen atoms in total. The summed E-state index contributed by atoms with van der Waals surface area (Å²) >= 11 is 0. The van der Waals surface area contributed by atoms with Crippen molar-refractivity contribution >= 4 is 0 Å². The lowest BCUT2D eigenvalue weighted by molar-refractivity contribution is 0.359. The maximum atomic E-state index is 4.91. The van der Waals surface area contributed by atoms with Crippen LogP contribution in [0.1, 0.15) is 24.6 Å². The maximum absolute atomic E-state index is 4.91. The van der Waals surface area contributed by atoms with Gasteiger partial charge in [-0.3, -0.25) is 0 Å². The van der Waals surface area contributed by atoms with Gasteiger partial charge in [0, 0.05) is 19.9 Å². The topological polar surface area (TPSA) is 63.0 Å². The molecule has 1 atom stereocenters. The second-order valence-electron chi connectivity index (χ2n) is 4.40. The summed E-state index contributed by atoms with van der Waals surface area (Å²) in [6.07, 6.45) is 3.48. The van der Waals surface area contributed by atoms with E-state index in [9.17, 15) is 0 Å². The third kappa shape index (κ3) is 3.57. The molecule has 1 aliphatic heterocycles. The van der Waals surface area contributed by atoms with Crippen molar-refractivity contribution in [3.63, 3.8) is 0 Å². The summed E-state index contributed by atoms with van der Waals surface area (Å²) in [5.74, 6) is 2.22. The van der Waals surface area contributed by atoms with Gasteiger partial charge < -0.3 is 15.2 Å². The van der Waals surface area contributed by atoms with Crippen LogP contribution < -0.4 is 10.6 Å². The van der Waals surface area contributed by atoms with Gasteiger partial charge >= 0.3 is 0 Å². The Kier molecular flexibility index (Phi) is 4.30. The molecule has 0 amide bonds. The molecule has 0 radical (unpaired) electrons. The monoisotopic (exact) mass is 224 g/mol. The highest BCUT2D eigenvalue weighted by molar-refractivity contribution is 4.84. The summed E-state index contributed by atoms with van der Waals surface area (Å²) < 4.78 is 4.91. The zero-order valence-electron chi connectivity index (χ0n) is 9.83. The van der Waals surface area contributed by atoms with E-state index in [0.717, 1.165) is 37.8 Å². The van der Waals surface area contributed by atoms with E-state index in [0.29, 0.717) is 5.89 Å². The predicted molar refractivity (Wildman–Crippen MR) is 61.2 cm³/mol. The van der Waals surface area contributed by atoms with Crippen LogP contribution in [0.5, 0.6) is 0 Å². The van der Waals surface area contributed by atoms with E-state index in [2.05, 4.69) is 20.8 Å². The number of aromatic nitrogens is 2. The molecule has 1 aromatic heterocycles.